The summed E-state index contributed by atoms with van der Waals surface area (Å²) in [5.41, 5.74) is 8.29. The molecule has 2 fully saturated rings. The van der Waals surface area contributed by atoms with Crippen LogP contribution in [0.1, 0.15) is 97.2 Å². The fourth-order valence-corrected chi connectivity index (χ4v) is 8.15. The molecule has 4 aromatic rings. The predicted octanol–water partition coefficient (Wildman–Crippen LogP) is 8.01. The van der Waals surface area contributed by atoms with Crippen LogP contribution < -0.4 is 15.0 Å². The van der Waals surface area contributed by atoms with Crippen LogP contribution in [0.5, 0.6) is 5.75 Å². The van der Waals surface area contributed by atoms with Gasteiger partial charge in [-0.25, -0.2) is 9.78 Å². The van der Waals surface area contributed by atoms with Crippen molar-refractivity contribution in [3.63, 3.8) is 0 Å². The maximum Gasteiger partial charge on any atom is 0.337 e. The predicted molar refractivity (Wildman–Crippen MR) is 206 cm³/mol. The van der Waals surface area contributed by atoms with E-state index in [1.807, 2.05) is 60.5 Å². The van der Waals surface area contributed by atoms with Crippen LogP contribution in [-0.4, -0.2) is 57.6 Å². The number of aromatic carboxylic acids is 1. The Bertz CT molecular complexity index is 1940. The van der Waals surface area contributed by atoms with E-state index in [2.05, 4.69) is 62.0 Å². The Labute approximate surface area is 310 Å². The van der Waals surface area contributed by atoms with Gasteiger partial charge in [0.2, 0.25) is 5.91 Å². The van der Waals surface area contributed by atoms with Crippen molar-refractivity contribution in [1.82, 2.24) is 15.3 Å². The summed E-state index contributed by atoms with van der Waals surface area (Å²) in [6.45, 7) is 12.9. The van der Waals surface area contributed by atoms with Gasteiger partial charge in [0.1, 0.15) is 18.2 Å². The zero-order valence-electron chi connectivity index (χ0n) is 30.9. The van der Waals surface area contributed by atoms with Crippen LogP contribution in [0.4, 0.5) is 10.6 Å². The molecule has 2 N–H and O–H groups in total. The number of amides is 2. The van der Waals surface area contributed by atoms with E-state index in [9.17, 15) is 14.4 Å². The number of aromatic nitrogens is 2. The third-order valence-corrected chi connectivity index (χ3v) is 11.8. The normalized spacial score (nSPS) is 19.1. The molecule has 2 amide bonds. The van der Waals surface area contributed by atoms with Crippen LogP contribution >= 0.6 is 11.8 Å². The molecule has 1 aliphatic heterocycles. The van der Waals surface area contributed by atoms with Crippen molar-refractivity contribution in [3.05, 3.63) is 118 Å². The molecule has 272 valence electrons. The molecule has 7 rings (SSSR count). The van der Waals surface area contributed by atoms with E-state index in [0.717, 1.165) is 54.0 Å². The lowest BCUT2D eigenvalue weighted by Gasteiger charge is -2.43. The van der Waals surface area contributed by atoms with E-state index in [1.165, 1.54) is 41.3 Å². The Morgan fingerprint density at radius 1 is 0.923 bits per heavy atom. The molecule has 3 aliphatic rings. The number of ether oxygens (including phenoxy) is 1. The van der Waals surface area contributed by atoms with Gasteiger partial charge >= 0.3 is 5.97 Å². The van der Waals surface area contributed by atoms with Crippen molar-refractivity contribution >= 4 is 34.7 Å². The smallest absolute Gasteiger partial charge is 0.337 e. The second-order valence-electron chi connectivity index (χ2n) is 15.5. The Morgan fingerprint density at radius 2 is 1.62 bits per heavy atom. The number of rotatable bonds is 10. The van der Waals surface area contributed by atoms with Gasteiger partial charge in [-0.2, -0.15) is 0 Å². The molecule has 1 atom stereocenters. The fraction of sp³-hybridized carbons (Fsp3) is 0.405. The molecule has 52 heavy (non-hydrogen) atoms. The molecule has 10 heteroatoms. The van der Waals surface area contributed by atoms with Gasteiger partial charge in [0.25, 0.3) is 5.24 Å². The Morgan fingerprint density at radius 3 is 2.17 bits per heavy atom. The second-order valence-corrected chi connectivity index (χ2v) is 16.7. The summed E-state index contributed by atoms with van der Waals surface area (Å²) in [6, 6.07) is 21.9. The number of carbonyl (C=O) groups is 3. The molecule has 0 radical (unpaired) electrons. The van der Waals surface area contributed by atoms with Crippen LogP contribution in [0, 0.1) is 6.92 Å². The number of imide groups is 1. The van der Waals surface area contributed by atoms with Crippen LogP contribution in [0.25, 0.3) is 0 Å². The molecule has 9 nitrogen and oxygen atoms in total. The first-order valence-corrected chi connectivity index (χ1v) is 18.8. The number of fused-ring (bicyclic) bond motifs is 1. The van der Waals surface area contributed by atoms with E-state index in [0.29, 0.717) is 13.0 Å². The summed E-state index contributed by atoms with van der Waals surface area (Å²) in [5, 5.41) is 10.8. The number of likely N-dealkylation sites (N-methyl/N-ethyl adjacent to an activating group) is 1. The van der Waals surface area contributed by atoms with Crippen LogP contribution in [0.3, 0.4) is 0 Å². The Kier molecular flexibility index (Phi) is 10.5. The van der Waals surface area contributed by atoms with Gasteiger partial charge in [0.05, 0.1) is 23.1 Å². The lowest BCUT2D eigenvalue weighted by molar-refractivity contribution is -0.118. The highest BCUT2D eigenvalue weighted by atomic mass is 32.2. The minimum atomic E-state index is -0.923. The summed E-state index contributed by atoms with van der Waals surface area (Å²) in [4.78, 5) is 44.8. The molecule has 2 aromatic carbocycles. The van der Waals surface area contributed by atoms with E-state index in [1.54, 1.807) is 12.3 Å². The van der Waals surface area contributed by atoms with Crippen LogP contribution in [0.15, 0.2) is 79.1 Å². The molecule has 1 unspecified atom stereocenters. The minimum Gasteiger partial charge on any atom is -0.492 e. The molecule has 1 saturated heterocycles. The van der Waals surface area contributed by atoms with Gasteiger partial charge in [-0.3, -0.25) is 19.9 Å². The molecule has 0 bridgehead atoms. The fourth-order valence-electron chi connectivity index (χ4n) is 7.29. The van der Waals surface area contributed by atoms with Crippen molar-refractivity contribution < 1.29 is 24.2 Å². The molecule has 1 saturated carbocycles. The highest BCUT2D eigenvalue weighted by Gasteiger charge is 2.49. The standard InChI is InChI=1S/C24H29NO2.C18H19N3O3S/c1-15-12-18-19(23(4,5)9-8-22(18,2)3)13-17(15)24(10-11-24)20-7-6-16(14-25-20)21(26)27;1-21(16-4-2-3-9-19-16)10-11-24-14-7-5-13(6-8-14)12-15-17(22)20-18(23)25-15/h6-7,12-14H,8-11H2,1-5H3,(H,26,27);2-9,15H,10-12H2,1H3,(H,20,22,23). The third kappa shape index (κ3) is 8.02. The van der Waals surface area contributed by atoms with E-state index in [-0.39, 0.29) is 38.2 Å². The molecular formula is C42H48N4O5S. The summed E-state index contributed by atoms with van der Waals surface area (Å²) in [7, 11) is 1.97. The van der Waals surface area contributed by atoms with Gasteiger partial charge in [0.15, 0.2) is 0 Å². The molecule has 0 spiro atoms. The highest BCUT2D eigenvalue weighted by Crippen LogP contribution is 2.56. The van der Waals surface area contributed by atoms with E-state index < -0.39 is 5.97 Å². The zero-order valence-corrected chi connectivity index (χ0v) is 31.7. The van der Waals surface area contributed by atoms with Gasteiger partial charge in [-0.1, -0.05) is 69.8 Å². The number of benzene rings is 2. The third-order valence-electron chi connectivity index (χ3n) is 10.8. The first kappa shape index (κ1) is 37.1. The lowest BCUT2D eigenvalue weighted by Crippen LogP contribution is -2.34. The molecule has 2 aliphatic carbocycles. The van der Waals surface area contributed by atoms with Crippen LogP contribution in [0.2, 0.25) is 0 Å². The number of hydrogen-bond acceptors (Lipinski definition) is 8. The van der Waals surface area contributed by atoms with Gasteiger partial charge in [-0.05, 0) is 114 Å². The topological polar surface area (TPSA) is 122 Å². The zero-order chi connectivity index (χ0) is 37.3. The maximum atomic E-state index is 11.6. The van der Waals surface area contributed by atoms with Crippen molar-refractivity contribution in [3.8, 4) is 5.75 Å². The quantitative estimate of drug-likeness (QED) is 0.168. The first-order valence-electron chi connectivity index (χ1n) is 17.9. The number of nitrogens with one attached hydrogen (secondary N) is 1. The molecule has 3 heterocycles. The number of carboxylic acid groups (broad SMARTS) is 1. The van der Waals surface area contributed by atoms with Crippen molar-refractivity contribution in [2.24, 2.45) is 0 Å². The molecular weight excluding hydrogens is 673 g/mol. The lowest BCUT2D eigenvalue weighted by atomic mass is 9.62. The number of hydrogen-bond donors (Lipinski definition) is 2. The summed E-state index contributed by atoms with van der Waals surface area (Å²) in [5.74, 6) is 0.543. The molecule has 2 aromatic heterocycles. The maximum absolute atomic E-state index is 11.6. The number of anilines is 1. The minimum absolute atomic E-state index is 0.0478. The number of carbonyl (C=O) groups excluding carboxylic acids is 2. The Hall–Kier alpha value is -4.70. The van der Waals surface area contributed by atoms with Crippen molar-refractivity contribution in [2.45, 2.75) is 88.2 Å². The van der Waals surface area contributed by atoms with Crippen molar-refractivity contribution in [2.75, 3.05) is 25.1 Å². The van der Waals surface area contributed by atoms with Crippen LogP contribution in [-0.2, 0) is 27.5 Å². The SMILES string of the molecule is CN(CCOc1ccc(CC2SC(=O)NC2=O)cc1)c1ccccn1.Cc1cc2c(cc1C1(c3ccc(C(=O)O)cn3)CC1)C(C)(C)CCC2(C)C. The number of pyridine rings is 2. The second kappa shape index (κ2) is 14.7. The van der Waals surface area contributed by atoms with Gasteiger partial charge in [0, 0.05) is 24.9 Å². The number of aryl methyl sites for hydroxylation is 1. The van der Waals surface area contributed by atoms with E-state index in [4.69, 9.17) is 9.84 Å². The number of thioether (sulfide) groups is 1. The van der Waals surface area contributed by atoms with Crippen molar-refractivity contribution in [1.29, 1.82) is 0 Å². The number of carboxylic acids is 1. The first-order chi connectivity index (χ1) is 24.7. The summed E-state index contributed by atoms with van der Waals surface area (Å²) < 4.78 is 5.75. The highest BCUT2D eigenvalue weighted by molar-refractivity contribution is 8.15. The summed E-state index contributed by atoms with van der Waals surface area (Å²) in [6.07, 6.45) is 8.38. The van der Waals surface area contributed by atoms with Gasteiger partial charge < -0.3 is 14.7 Å². The average Bonchev–Trinajstić information content (AvgIpc) is 3.86. The largest absolute Gasteiger partial charge is 0.492 e. The monoisotopic (exact) mass is 720 g/mol. The van der Waals surface area contributed by atoms with Gasteiger partial charge in [-0.15, -0.1) is 0 Å². The Balaban J connectivity index is 0.000000179. The number of nitrogens with zero attached hydrogens (tertiary/aromatic N) is 3. The average molecular weight is 721 g/mol. The summed E-state index contributed by atoms with van der Waals surface area (Å²) >= 11 is 1.05. The van der Waals surface area contributed by atoms with E-state index >= 15 is 0 Å².